The number of fused-ring (bicyclic) bond motifs is 2. The van der Waals surface area contributed by atoms with E-state index in [0.29, 0.717) is 11.9 Å². The Hall–Kier alpha value is -1.95. The number of quaternary nitrogens is 1. The van der Waals surface area contributed by atoms with Gasteiger partial charge in [0.05, 0.1) is 12.6 Å². The van der Waals surface area contributed by atoms with Crippen molar-refractivity contribution in [2.75, 3.05) is 20.1 Å². The molecule has 1 aromatic heterocycles. The van der Waals surface area contributed by atoms with Crippen LogP contribution in [0.25, 0.3) is 10.9 Å². The minimum absolute atomic E-state index is 0.304. The van der Waals surface area contributed by atoms with Gasteiger partial charge in [0.25, 0.3) is 0 Å². The van der Waals surface area contributed by atoms with E-state index in [1.165, 1.54) is 15.4 Å². The molecule has 4 rings (SSSR count). The number of nitrogens with one attached hydrogen (secondary N) is 1. The van der Waals surface area contributed by atoms with E-state index in [4.69, 9.17) is 21.1 Å². The number of halogens is 1. The average Bonchev–Trinajstić information content (AvgIpc) is 3.09. The van der Waals surface area contributed by atoms with Gasteiger partial charge >= 0.3 is 0 Å². The molecule has 0 spiro atoms. The van der Waals surface area contributed by atoms with Gasteiger partial charge in [0.15, 0.2) is 11.5 Å². The first-order chi connectivity index (χ1) is 12.6. The van der Waals surface area contributed by atoms with Crippen LogP contribution in [0, 0.1) is 0 Å². The van der Waals surface area contributed by atoms with E-state index in [1.54, 1.807) is 11.8 Å². The monoisotopic (exact) mass is 387 g/mol. The quantitative estimate of drug-likeness (QED) is 0.536. The molecule has 2 aromatic carbocycles. The van der Waals surface area contributed by atoms with E-state index in [1.807, 2.05) is 6.07 Å². The SMILES string of the molecule is CSc1ccc2cc(C[NH+](C)Cc3ccc4c(c3)OCO4)c(Cl)nc2c1. The summed E-state index contributed by atoms with van der Waals surface area (Å²) in [5.74, 6) is 1.64. The molecule has 1 aliphatic rings. The van der Waals surface area contributed by atoms with Gasteiger partial charge in [0, 0.05) is 21.4 Å². The van der Waals surface area contributed by atoms with Crippen LogP contribution in [0.1, 0.15) is 11.1 Å². The summed E-state index contributed by atoms with van der Waals surface area (Å²) in [6, 6.07) is 14.6. The minimum atomic E-state index is 0.304. The van der Waals surface area contributed by atoms with Crippen molar-refractivity contribution in [2.45, 2.75) is 18.0 Å². The van der Waals surface area contributed by atoms with E-state index in [0.717, 1.165) is 41.1 Å². The fourth-order valence-electron chi connectivity index (χ4n) is 3.21. The molecule has 0 radical (unpaired) electrons. The van der Waals surface area contributed by atoms with Gasteiger partial charge in [-0.3, -0.25) is 0 Å². The standard InChI is InChI=1S/C20H19ClN2O2S/c1-23(10-13-3-6-18-19(7-13)25-12-24-18)11-15-8-14-4-5-16(26-2)9-17(14)22-20(15)21/h3-9H,10-12H2,1-2H3/p+1. The summed E-state index contributed by atoms with van der Waals surface area (Å²) in [6.07, 6.45) is 2.06. The molecule has 1 aliphatic heterocycles. The maximum Gasteiger partial charge on any atom is 0.231 e. The zero-order valence-electron chi connectivity index (χ0n) is 14.7. The molecule has 0 bridgehead atoms. The Morgan fingerprint density at radius 1 is 1.08 bits per heavy atom. The molecule has 0 fully saturated rings. The Morgan fingerprint density at radius 3 is 2.77 bits per heavy atom. The van der Waals surface area contributed by atoms with E-state index in [2.05, 4.69) is 54.7 Å². The summed E-state index contributed by atoms with van der Waals surface area (Å²) in [5.41, 5.74) is 3.22. The molecule has 4 nitrogen and oxygen atoms in total. The Morgan fingerprint density at radius 2 is 1.92 bits per heavy atom. The second-order valence-electron chi connectivity index (χ2n) is 6.50. The third-order valence-electron chi connectivity index (χ3n) is 4.49. The van der Waals surface area contributed by atoms with Crippen molar-refractivity contribution >= 4 is 34.3 Å². The van der Waals surface area contributed by atoms with Crippen molar-refractivity contribution in [3.05, 3.63) is 58.7 Å². The van der Waals surface area contributed by atoms with Crippen molar-refractivity contribution < 1.29 is 14.4 Å². The van der Waals surface area contributed by atoms with Gasteiger partial charge in [0.2, 0.25) is 6.79 Å². The topological polar surface area (TPSA) is 35.8 Å². The highest BCUT2D eigenvalue weighted by Gasteiger charge is 2.16. The highest BCUT2D eigenvalue weighted by atomic mass is 35.5. The van der Waals surface area contributed by atoms with Crippen LogP contribution in [0.4, 0.5) is 0 Å². The summed E-state index contributed by atoms with van der Waals surface area (Å²) in [6.45, 7) is 1.98. The summed E-state index contributed by atoms with van der Waals surface area (Å²) in [7, 11) is 2.15. The second-order valence-corrected chi connectivity index (χ2v) is 7.73. The van der Waals surface area contributed by atoms with Crippen LogP contribution >= 0.6 is 23.4 Å². The Labute approximate surface area is 162 Å². The predicted octanol–water partition coefficient (Wildman–Crippen LogP) is 3.55. The van der Waals surface area contributed by atoms with E-state index in [9.17, 15) is 0 Å². The molecule has 0 aliphatic carbocycles. The van der Waals surface area contributed by atoms with Crippen molar-refractivity contribution in [2.24, 2.45) is 0 Å². The predicted molar refractivity (Wildman–Crippen MR) is 105 cm³/mol. The highest BCUT2D eigenvalue weighted by Crippen LogP contribution is 2.32. The molecule has 1 N–H and O–H groups in total. The molecule has 134 valence electrons. The fraction of sp³-hybridized carbons (Fsp3) is 0.250. The second kappa shape index (κ2) is 7.35. The summed E-state index contributed by atoms with van der Waals surface area (Å²) >= 11 is 8.16. The molecule has 0 saturated carbocycles. The number of rotatable bonds is 5. The minimum Gasteiger partial charge on any atom is -0.454 e. The molecule has 1 unspecified atom stereocenters. The van der Waals surface area contributed by atoms with Gasteiger partial charge in [-0.2, -0.15) is 0 Å². The molecule has 26 heavy (non-hydrogen) atoms. The summed E-state index contributed by atoms with van der Waals surface area (Å²) in [4.78, 5) is 7.11. The fourth-order valence-corrected chi connectivity index (χ4v) is 3.85. The molecular formula is C20H20ClN2O2S+. The third kappa shape index (κ3) is 3.61. The van der Waals surface area contributed by atoms with Gasteiger partial charge < -0.3 is 14.4 Å². The van der Waals surface area contributed by atoms with E-state index < -0.39 is 0 Å². The zero-order chi connectivity index (χ0) is 18.1. The number of ether oxygens (including phenoxy) is 2. The molecular weight excluding hydrogens is 368 g/mol. The van der Waals surface area contributed by atoms with Gasteiger partial charge in [-0.25, -0.2) is 4.98 Å². The summed E-state index contributed by atoms with van der Waals surface area (Å²) in [5, 5.41) is 1.71. The number of benzene rings is 2. The van der Waals surface area contributed by atoms with Gasteiger partial charge in [-0.1, -0.05) is 17.7 Å². The smallest absolute Gasteiger partial charge is 0.231 e. The maximum absolute atomic E-state index is 6.45. The van der Waals surface area contributed by atoms with Crippen molar-refractivity contribution in [1.82, 2.24) is 4.98 Å². The number of nitrogens with zero attached hydrogens (tertiary/aromatic N) is 1. The summed E-state index contributed by atoms with van der Waals surface area (Å²) < 4.78 is 10.8. The third-order valence-corrected chi connectivity index (χ3v) is 5.54. The molecule has 6 heteroatoms. The number of pyridine rings is 1. The molecule has 0 amide bonds. The van der Waals surface area contributed by atoms with Crippen molar-refractivity contribution in [3.63, 3.8) is 0 Å². The first-order valence-electron chi connectivity index (χ1n) is 8.45. The first-order valence-corrected chi connectivity index (χ1v) is 10.1. The Bertz CT molecular complexity index is 964. The lowest BCUT2D eigenvalue weighted by molar-refractivity contribution is -0.907. The lowest BCUT2D eigenvalue weighted by Gasteiger charge is -2.15. The van der Waals surface area contributed by atoms with Crippen LogP contribution in [0.3, 0.4) is 0 Å². The van der Waals surface area contributed by atoms with Crippen molar-refractivity contribution in [1.29, 1.82) is 0 Å². The number of hydrogen-bond donors (Lipinski definition) is 1. The Kier molecular flexibility index (Phi) is 4.94. The Balaban J connectivity index is 1.51. The lowest BCUT2D eigenvalue weighted by atomic mass is 10.1. The van der Waals surface area contributed by atoms with Crippen LogP contribution < -0.4 is 14.4 Å². The van der Waals surface area contributed by atoms with Crippen LogP contribution in [0.2, 0.25) is 5.15 Å². The molecule has 2 heterocycles. The molecule has 0 saturated heterocycles. The highest BCUT2D eigenvalue weighted by molar-refractivity contribution is 7.98. The van der Waals surface area contributed by atoms with Crippen LogP contribution in [0.15, 0.2) is 47.4 Å². The number of thioether (sulfide) groups is 1. The largest absolute Gasteiger partial charge is 0.454 e. The van der Waals surface area contributed by atoms with Gasteiger partial charge in [-0.15, -0.1) is 11.8 Å². The van der Waals surface area contributed by atoms with Crippen LogP contribution in [0.5, 0.6) is 11.5 Å². The van der Waals surface area contributed by atoms with Crippen LogP contribution in [-0.4, -0.2) is 25.1 Å². The molecule has 3 aromatic rings. The number of hydrogen-bond acceptors (Lipinski definition) is 4. The number of aromatic nitrogens is 1. The van der Waals surface area contributed by atoms with Gasteiger partial charge in [0.1, 0.15) is 18.2 Å². The maximum atomic E-state index is 6.45. The normalized spacial score (nSPS) is 14.0. The van der Waals surface area contributed by atoms with Gasteiger partial charge in [-0.05, 0) is 42.7 Å². The first kappa shape index (κ1) is 17.5. The average molecular weight is 388 g/mol. The van der Waals surface area contributed by atoms with E-state index >= 15 is 0 Å². The van der Waals surface area contributed by atoms with Crippen LogP contribution in [-0.2, 0) is 13.1 Å². The van der Waals surface area contributed by atoms with Crippen molar-refractivity contribution in [3.8, 4) is 11.5 Å². The lowest BCUT2D eigenvalue weighted by Crippen LogP contribution is -3.06. The zero-order valence-corrected chi connectivity index (χ0v) is 16.3. The molecule has 1 atom stereocenters. The van der Waals surface area contributed by atoms with E-state index in [-0.39, 0.29) is 0 Å².